The van der Waals surface area contributed by atoms with Crippen LogP contribution in [-0.2, 0) is 5.41 Å². The first kappa shape index (κ1) is 9.13. The average molecular weight is 189 g/mol. The van der Waals surface area contributed by atoms with Crippen LogP contribution in [-0.4, -0.2) is 0 Å². The normalized spacial score (nSPS) is 12.2. The van der Waals surface area contributed by atoms with Gasteiger partial charge >= 0.3 is 0 Å². The third-order valence-corrected chi connectivity index (χ3v) is 2.28. The first-order valence-electron chi connectivity index (χ1n) is 4.76. The van der Waals surface area contributed by atoms with E-state index >= 15 is 0 Å². The van der Waals surface area contributed by atoms with Crippen molar-refractivity contribution < 1.29 is 4.42 Å². The van der Waals surface area contributed by atoms with Crippen LogP contribution in [0.1, 0.15) is 26.5 Å². The smallest absolute Gasteiger partial charge is 0.134 e. The first-order valence-corrected chi connectivity index (χ1v) is 4.76. The monoisotopic (exact) mass is 189 g/mol. The molecule has 74 valence electrons. The van der Waals surface area contributed by atoms with E-state index in [9.17, 15) is 0 Å². The van der Waals surface area contributed by atoms with E-state index in [1.807, 2.05) is 18.2 Å². The summed E-state index contributed by atoms with van der Waals surface area (Å²) in [5.74, 6) is 0.998. The molecule has 0 saturated carbocycles. The largest absolute Gasteiger partial charge is 0.461 e. The molecule has 1 aromatic carbocycles. The van der Waals surface area contributed by atoms with Crippen LogP contribution in [0.3, 0.4) is 0 Å². The van der Waals surface area contributed by atoms with Crippen LogP contribution in [0.15, 0.2) is 28.7 Å². The van der Waals surface area contributed by atoms with Crippen LogP contribution < -0.4 is 5.73 Å². The van der Waals surface area contributed by atoms with Gasteiger partial charge in [-0.1, -0.05) is 20.8 Å². The summed E-state index contributed by atoms with van der Waals surface area (Å²) in [7, 11) is 0. The van der Waals surface area contributed by atoms with Gasteiger partial charge in [-0.2, -0.15) is 0 Å². The van der Waals surface area contributed by atoms with E-state index in [1.54, 1.807) is 0 Å². The number of hydrogen-bond acceptors (Lipinski definition) is 2. The Bertz CT molecular complexity index is 463. The number of benzene rings is 1. The molecule has 14 heavy (non-hydrogen) atoms. The Labute approximate surface area is 83.7 Å². The fourth-order valence-corrected chi connectivity index (χ4v) is 1.43. The quantitative estimate of drug-likeness (QED) is 0.646. The number of nitrogens with two attached hydrogens (primary N) is 1. The molecule has 0 atom stereocenters. The van der Waals surface area contributed by atoms with Gasteiger partial charge in [0.15, 0.2) is 0 Å². The summed E-state index contributed by atoms with van der Waals surface area (Å²) in [5.41, 5.74) is 7.43. The second-order valence-corrected chi connectivity index (χ2v) is 4.66. The van der Waals surface area contributed by atoms with E-state index < -0.39 is 0 Å². The van der Waals surface area contributed by atoms with Gasteiger partial charge in [0.2, 0.25) is 0 Å². The van der Waals surface area contributed by atoms with Crippen molar-refractivity contribution in [1.82, 2.24) is 0 Å². The Hall–Kier alpha value is -1.44. The molecular formula is C12H15NO. The summed E-state index contributed by atoms with van der Waals surface area (Å²) in [6.07, 6.45) is 0. The molecule has 0 spiro atoms. The zero-order valence-electron chi connectivity index (χ0n) is 8.79. The van der Waals surface area contributed by atoms with E-state index in [0.29, 0.717) is 0 Å². The van der Waals surface area contributed by atoms with Crippen molar-refractivity contribution in [3.63, 3.8) is 0 Å². The molecule has 0 unspecified atom stereocenters. The molecule has 0 bridgehead atoms. The maximum Gasteiger partial charge on any atom is 0.134 e. The Morgan fingerprint density at radius 1 is 1.14 bits per heavy atom. The van der Waals surface area contributed by atoms with Crippen LogP contribution in [0.2, 0.25) is 0 Å². The molecule has 0 saturated heterocycles. The van der Waals surface area contributed by atoms with Gasteiger partial charge in [0.25, 0.3) is 0 Å². The standard InChI is InChI=1S/C12H15NO/c1-12(2,3)11-7-8-6-9(13)4-5-10(8)14-11/h4-7H,13H2,1-3H3. The van der Waals surface area contributed by atoms with Gasteiger partial charge in [-0.05, 0) is 24.3 Å². The Morgan fingerprint density at radius 2 is 1.86 bits per heavy atom. The Kier molecular flexibility index (Phi) is 1.81. The highest BCUT2D eigenvalue weighted by Crippen LogP contribution is 2.29. The lowest BCUT2D eigenvalue weighted by atomic mass is 9.93. The SMILES string of the molecule is CC(C)(C)c1cc2cc(N)ccc2o1. The van der Waals surface area contributed by atoms with Crippen LogP contribution in [0.4, 0.5) is 5.69 Å². The minimum atomic E-state index is 0.0494. The fraction of sp³-hybridized carbons (Fsp3) is 0.333. The summed E-state index contributed by atoms with van der Waals surface area (Å²) in [5, 5.41) is 1.08. The first-order chi connectivity index (χ1) is 6.47. The molecule has 0 fully saturated rings. The summed E-state index contributed by atoms with van der Waals surface area (Å²) >= 11 is 0. The van der Waals surface area contributed by atoms with E-state index in [0.717, 1.165) is 22.4 Å². The van der Waals surface area contributed by atoms with Crippen molar-refractivity contribution in [3.8, 4) is 0 Å². The van der Waals surface area contributed by atoms with Crippen molar-refractivity contribution in [1.29, 1.82) is 0 Å². The fourth-order valence-electron chi connectivity index (χ4n) is 1.43. The van der Waals surface area contributed by atoms with E-state index in [1.165, 1.54) is 0 Å². The van der Waals surface area contributed by atoms with Crippen LogP contribution in [0.5, 0.6) is 0 Å². The summed E-state index contributed by atoms with van der Waals surface area (Å²) in [6, 6.07) is 7.78. The predicted octanol–water partition coefficient (Wildman–Crippen LogP) is 3.31. The molecule has 2 aromatic rings. The molecule has 0 aliphatic heterocycles. The highest BCUT2D eigenvalue weighted by molar-refractivity contribution is 5.81. The van der Waals surface area contributed by atoms with Crippen molar-refractivity contribution in [3.05, 3.63) is 30.0 Å². The number of nitrogen functional groups attached to an aromatic ring is 1. The molecule has 2 nitrogen and oxygen atoms in total. The molecule has 0 amide bonds. The second-order valence-electron chi connectivity index (χ2n) is 4.66. The van der Waals surface area contributed by atoms with Gasteiger partial charge in [0.1, 0.15) is 11.3 Å². The van der Waals surface area contributed by atoms with Crippen molar-refractivity contribution in [2.45, 2.75) is 26.2 Å². The van der Waals surface area contributed by atoms with Crippen LogP contribution in [0.25, 0.3) is 11.0 Å². The van der Waals surface area contributed by atoms with Crippen molar-refractivity contribution in [2.75, 3.05) is 5.73 Å². The molecule has 0 aliphatic carbocycles. The zero-order valence-corrected chi connectivity index (χ0v) is 8.79. The number of rotatable bonds is 0. The molecule has 0 aliphatic rings. The number of anilines is 1. The predicted molar refractivity (Wildman–Crippen MR) is 59.3 cm³/mol. The van der Waals surface area contributed by atoms with E-state index in [2.05, 4.69) is 26.8 Å². The molecule has 2 rings (SSSR count). The van der Waals surface area contributed by atoms with Gasteiger partial charge in [-0.15, -0.1) is 0 Å². The molecular weight excluding hydrogens is 174 g/mol. The summed E-state index contributed by atoms with van der Waals surface area (Å²) in [6.45, 7) is 6.40. The van der Waals surface area contributed by atoms with Gasteiger partial charge in [0, 0.05) is 16.5 Å². The number of furan rings is 1. The highest BCUT2D eigenvalue weighted by Gasteiger charge is 2.18. The molecule has 1 heterocycles. The third-order valence-electron chi connectivity index (χ3n) is 2.28. The molecule has 0 radical (unpaired) electrons. The summed E-state index contributed by atoms with van der Waals surface area (Å²) in [4.78, 5) is 0. The Balaban J connectivity index is 2.63. The lowest BCUT2D eigenvalue weighted by molar-refractivity contribution is 0.430. The lowest BCUT2D eigenvalue weighted by Crippen LogP contribution is -2.08. The van der Waals surface area contributed by atoms with Gasteiger partial charge in [0.05, 0.1) is 0 Å². The minimum Gasteiger partial charge on any atom is -0.461 e. The molecule has 2 N–H and O–H groups in total. The average Bonchev–Trinajstić information content (AvgIpc) is 2.45. The maximum atomic E-state index is 5.73. The van der Waals surface area contributed by atoms with Gasteiger partial charge in [-0.25, -0.2) is 0 Å². The number of fused-ring (bicyclic) bond motifs is 1. The number of hydrogen-bond donors (Lipinski definition) is 1. The summed E-state index contributed by atoms with van der Waals surface area (Å²) < 4.78 is 5.73. The second kappa shape index (κ2) is 2.77. The zero-order chi connectivity index (χ0) is 10.3. The molecule has 1 aromatic heterocycles. The molecule has 2 heteroatoms. The Morgan fingerprint density at radius 3 is 2.50 bits per heavy atom. The van der Waals surface area contributed by atoms with Crippen LogP contribution >= 0.6 is 0 Å². The van der Waals surface area contributed by atoms with Crippen molar-refractivity contribution in [2.24, 2.45) is 0 Å². The van der Waals surface area contributed by atoms with E-state index in [4.69, 9.17) is 10.2 Å². The van der Waals surface area contributed by atoms with Gasteiger partial charge in [-0.3, -0.25) is 0 Å². The third kappa shape index (κ3) is 1.48. The van der Waals surface area contributed by atoms with Gasteiger partial charge < -0.3 is 10.2 Å². The van der Waals surface area contributed by atoms with E-state index in [-0.39, 0.29) is 5.41 Å². The van der Waals surface area contributed by atoms with Crippen LogP contribution in [0, 0.1) is 0 Å². The lowest BCUT2D eigenvalue weighted by Gasteiger charge is -2.13. The minimum absolute atomic E-state index is 0.0494. The highest BCUT2D eigenvalue weighted by atomic mass is 16.3. The van der Waals surface area contributed by atoms with Crippen molar-refractivity contribution >= 4 is 16.7 Å². The maximum absolute atomic E-state index is 5.73. The topological polar surface area (TPSA) is 39.2 Å².